The number of carbonyl (C=O) groups is 1. The van der Waals surface area contributed by atoms with Crippen LogP contribution in [0.4, 0.5) is 5.69 Å². The molecule has 1 aliphatic heterocycles. The Hall–Kier alpha value is -2.34. The van der Waals surface area contributed by atoms with Crippen molar-refractivity contribution in [1.82, 2.24) is 4.90 Å². The van der Waals surface area contributed by atoms with E-state index in [-0.39, 0.29) is 11.7 Å². The van der Waals surface area contributed by atoms with E-state index in [2.05, 4.69) is 0 Å². The average Bonchev–Trinajstić information content (AvgIpc) is 3.02. The SMILES string of the molecule is CCCN(Cc1ccc(C)cc1)C(=O)c1cccc(N2CCCS2(=O)=O)c1. The number of benzene rings is 2. The fourth-order valence-electron chi connectivity index (χ4n) is 3.34. The third-order valence-electron chi connectivity index (χ3n) is 4.76. The van der Waals surface area contributed by atoms with E-state index < -0.39 is 10.0 Å². The van der Waals surface area contributed by atoms with Gasteiger partial charge in [-0.3, -0.25) is 9.10 Å². The second-order valence-electron chi connectivity index (χ2n) is 7.00. The first kappa shape index (κ1) is 19.4. The van der Waals surface area contributed by atoms with Crippen molar-refractivity contribution < 1.29 is 13.2 Å². The minimum atomic E-state index is -3.26. The summed E-state index contributed by atoms with van der Waals surface area (Å²) in [4.78, 5) is 14.9. The molecule has 144 valence electrons. The number of hydrogen-bond donors (Lipinski definition) is 0. The van der Waals surface area contributed by atoms with Crippen molar-refractivity contribution in [3.8, 4) is 0 Å². The van der Waals surface area contributed by atoms with Crippen LogP contribution in [0.1, 0.15) is 41.3 Å². The summed E-state index contributed by atoms with van der Waals surface area (Å²) in [6, 6.07) is 15.1. The molecule has 1 aliphatic rings. The number of carbonyl (C=O) groups excluding carboxylic acids is 1. The van der Waals surface area contributed by atoms with E-state index in [1.807, 2.05) is 43.0 Å². The predicted molar refractivity (Wildman–Crippen MR) is 108 cm³/mol. The van der Waals surface area contributed by atoms with Crippen molar-refractivity contribution in [1.29, 1.82) is 0 Å². The molecule has 0 spiro atoms. The third kappa shape index (κ3) is 4.50. The van der Waals surface area contributed by atoms with E-state index in [0.29, 0.717) is 37.3 Å². The van der Waals surface area contributed by atoms with Gasteiger partial charge in [-0.25, -0.2) is 8.42 Å². The van der Waals surface area contributed by atoms with E-state index in [0.717, 1.165) is 12.0 Å². The maximum atomic E-state index is 13.1. The van der Waals surface area contributed by atoms with E-state index in [1.165, 1.54) is 9.87 Å². The van der Waals surface area contributed by atoms with Gasteiger partial charge in [-0.05, 0) is 43.5 Å². The maximum Gasteiger partial charge on any atom is 0.254 e. The van der Waals surface area contributed by atoms with Crippen LogP contribution < -0.4 is 4.31 Å². The summed E-state index contributed by atoms with van der Waals surface area (Å²) in [5, 5.41) is 0. The molecule has 0 atom stereocenters. The summed E-state index contributed by atoms with van der Waals surface area (Å²) in [5.41, 5.74) is 3.37. The largest absolute Gasteiger partial charge is 0.334 e. The molecule has 3 rings (SSSR count). The molecule has 0 N–H and O–H groups in total. The molecule has 1 fully saturated rings. The minimum absolute atomic E-state index is 0.0733. The highest BCUT2D eigenvalue weighted by Crippen LogP contribution is 2.25. The molecule has 27 heavy (non-hydrogen) atoms. The zero-order valence-corrected chi connectivity index (χ0v) is 16.7. The molecule has 0 unspecified atom stereocenters. The Kier molecular flexibility index (Phi) is 5.85. The van der Waals surface area contributed by atoms with Crippen molar-refractivity contribution >= 4 is 21.6 Å². The number of aryl methyl sites for hydroxylation is 1. The lowest BCUT2D eigenvalue weighted by atomic mass is 10.1. The molecule has 1 heterocycles. The fraction of sp³-hybridized carbons (Fsp3) is 0.381. The quantitative estimate of drug-likeness (QED) is 0.762. The van der Waals surface area contributed by atoms with Crippen LogP contribution in [0.3, 0.4) is 0 Å². The summed E-state index contributed by atoms with van der Waals surface area (Å²) in [5.74, 6) is 0.0940. The number of nitrogens with zero attached hydrogens (tertiary/aromatic N) is 2. The highest BCUT2D eigenvalue weighted by molar-refractivity contribution is 7.93. The van der Waals surface area contributed by atoms with Gasteiger partial charge in [0.25, 0.3) is 5.91 Å². The fourth-order valence-corrected chi connectivity index (χ4v) is 4.90. The molecular weight excluding hydrogens is 360 g/mol. The molecule has 0 radical (unpaired) electrons. The van der Waals surface area contributed by atoms with E-state index in [9.17, 15) is 13.2 Å². The number of anilines is 1. The van der Waals surface area contributed by atoms with E-state index >= 15 is 0 Å². The molecule has 2 aromatic carbocycles. The van der Waals surface area contributed by atoms with Crippen LogP contribution >= 0.6 is 0 Å². The molecule has 6 heteroatoms. The Bertz CT molecular complexity index is 907. The van der Waals surface area contributed by atoms with Crippen LogP contribution in [0.5, 0.6) is 0 Å². The van der Waals surface area contributed by atoms with Gasteiger partial charge in [0.2, 0.25) is 10.0 Å². The summed E-state index contributed by atoms with van der Waals surface area (Å²) >= 11 is 0. The molecular formula is C21H26N2O3S. The first-order valence-corrected chi connectivity index (χ1v) is 11.0. The summed E-state index contributed by atoms with van der Waals surface area (Å²) in [6.45, 7) is 5.75. The van der Waals surface area contributed by atoms with Crippen LogP contribution in [-0.2, 0) is 16.6 Å². The number of hydrogen-bond acceptors (Lipinski definition) is 3. The summed E-state index contributed by atoms with van der Waals surface area (Å²) < 4.78 is 25.8. The van der Waals surface area contributed by atoms with Crippen LogP contribution in [0.2, 0.25) is 0 Å². The number of sulfonamides is 1. The van der Waals surface area contributed by atoms with Gasteiger partial charge in [-0.15, -0.1) is 0 Å². The first-order chi connectivity index (χ1) is 12.9. The van der Waals surface area contributed by atoms with E-state index in [4.69, 9.17) is 0 Å². The lowest BCUT2D eigenvalue weighted by molar-refractivity contribution is 0.0743. The highest BCUT2D eigenvalue weighted by Gasteiger charge is 2.29. The Balaban J connectivity index is 1.83. The smallest absolute Gasteiger partial charge is 0.254 e. The normalized spacial score (nSPS) is 15.7. The molecule has 0 aromatic heterocycles. The van der Waals surface area contributed by atoms with Crippen LogP contribution in [0.25, 0.3) is 0 Å². The van der Waals surface area contributed by atoms with Crippen molar-refractivity contribution in [3.05, 3.63) is 65.2 Å². The van der Waals surface area contributed by atoms with E-state index in [1.54, 1.807) is 24.3 Å². The lowest BCUT2D eigenvalue weighted by Gasteiger charge is -2.23. The van der Waals surface area contributed by atoms with Gasteiger partial charge in [0.05, 0.1) is 11.4 Å². The van der Waals surface area contributed by atoms with Gasteiger partial charge in [-0.1, -0.05) is 42.8 Å². The third-order valence-corrected chi connectivity index (χ3v) is 6.62. The maximum absolute atomic E-state index is 13.1. The van der Waals surface area contributed by atoms with Crippen molar-refractivity contribution in [2.24, 2.45) is 0 Å². The van der Waals surface area contributed by atoms with Gasteiger partial charge in [0.15, 0.2) is 0 Å². The van der Waals surface area contributed by atoms with Gasteiger partial charge >= 0.3 is 0 Å². The van der Waals surface area contributed by atoms with Crippen LogP contribution in [0.15, 0.2) is 48.5 Å². The lowest BCUT2D eigenvalue weighted by Crippen LogP contribution is -2.31. The van der Waals surface area contributed by atoms with Gasteiger partial charge in [0.1, 0.15) is 0 Å². The monoisotopic (exact) mass is 386 g/mol. The summed E-state index contributed by atoms with van der Waals surface area (Å²) in [7, 11) is -3.26. The highest BCUT2D eigenvalue weighted by atomic mass is 32.2. The zero-order chi connectivity index (χ0) is 19.4. The molecule has 5 nitrogen and oxygen atoms in total. The number of rotatable bonds is 6. The molecule has 1 saturated heterocycles. The predicted octanol–water partition coefficient (Wildman–Crippen LogP) is 3.59. The molecule has 1 amide bonds. The minimum Gasteiger partial charge on any atom is -0.334 e. The topological polar surface area (TPSA) is 57.7 Å². The van der Waals surface area contributed by atoms with Crippen LogP contribution in [-0.4, -0.2) is 38.1 Å². The van der Waals surface area contributed by atoms with Gasteiger partial charge < -0.3 is 4.90 Å². The summed E-state index contributed by atoms with van der Waals surface area (Å²) in [6.07, 6.45) is 1.48. The first-order valence-electron chi connectivity index (χ1n) is 9.36. The van der Waals surface area contributed by atoms with Crippen LogP contribution in [0, 0.1) is 6.92 Å². The Morgan fingerprint density at radius 3 is 2.52 bits per heavy atom. The Morgan fingerprint density at radius 2 is 1.89 bits per heavy atom. The molecule has 0 saturated carbocycles. The number of amides is 1. The Morgan fingerprint density at radius 1 is 1.15 bits per heavy atom. The molecule has 0 aliphatic carbocycles. The van der Waals surface area contributed by atoms with Gasteiger partial charge in [-0.2, -0.15) is 0 Å². The van der Waals surface area contributed by atoms with Crippen molar-refractivity contribution in [2.45, 2.75) is 33.2 Å². The Labute approximate surface area is 161 Å². The van der Waals surface area contributed by atoms with Crippen molar-refractivity contribution in [2.75, 3.05) is 23.1 Å². The van der Waals surface area contributed by atoms with Gasteiger partial charge in [0, 0.05) is 25.2 Å². The average molecular weight is 387 g/mol. The molecule has 2 aromatic rings. The zero-order valence-electron chi connectivity index (χ0n) is 15.9. The van der Waals surface area contributed by atoms with Crippen molar-refractivity contribution in [3.63, 3.8) is 0 Å². The second kappa shape index (κ2) is 8.13. The standard InChI is InChI=1S/C21H26N2O3S/c1-3-12-22(16-18-10-8-17(2)9-11-18)21(24)19-6-4-7-20(15-19)23-13-5-14-27(23,25)26/h4,6-11,15H,3,5,12-14,16H2,1-2H3. The second-order valence-corrected chi connectivity index (χ2v) is 9.02. The molecule has 0 bridgehead atoms.